The first-order chi connectivity index (χ1) is 10.3. The molecule has 4 heteroatoms. The highest BCUT2D eigenvalue weighted by Crippen LogP contribution is 2.35. The fourth-order valence-corrected chi connectivity index (χ4v) is 3.90. The molecule has 0 saturated carbocycles. The monoisotopic (exact) mass is 282 g/mol. The van der Waals surface area contributed by atoms with Gasteiger partial charge in [-0.2, -0.15) is 5.10 Å². The molecule has 2 aliphatic heterocycles. The van der Waals surface area contributed by atoms with E-state index in [1.54, 1.807) is 6.20 Å². The standard InChI is InChI=1S/C17H22N4/c1-20-16-7-8-17(20)12-14(11-16)19-13-3-5-15(6-4-13)21-10-2-9-18-21/h2-6,9-10,14,16-17,19H,7-8,11-12H2,1H3. The van der Waals surface area contributed by atoms with Crippen LogP contribution in [0.15, 0.2) is 42.7 Å². The lowest BCUT2D eigenvalue weighted by atomic mass is 9.98. The minimum Gasteiger partial charge on any atom is -0.382 e. The van der Waals surface area contributed by atoms with Gasteiger partial charge in [-0.1, -0.05) is 0 Å². The molecule has 2 aliphatic rings. The molecular formula is C17H22N4. The van der Waals surface area contributed by atoms with Crippen LogP contribution in [0.4, 0.5) is 5.69 Å². The summed E-state index contributed by atoms with van der Waals surface area (Å²) in [6.07, 6.45) is 9.06. The number of rotatable bonds is 3. The van der Waals surface area contributed by atoms with Crippen molar-refractivity contribution in [3.63, 3.8) is 0 Å². The molecule has 0 amide bonds. The molecule has 2 saturated heterocycles. The van der Waals surface area contributed by atoms with E-state index in [-0.39, 0.29) is 0 Å². The van der Waals surface area contributed by atoms with Crippen molar-refractivity contribution in [2.24, 2.45) is 0 Å². The highest BCUT2D eigenvalue weighted by Gasteiger charge is 2.38. The first kappa shape index (κ1) is 12.9. The van der Waals surface area contributed by atoms with Gasteiger partial charge in [0.25, 0.3) is 0 Å². The van der Waals surface area contributed by atoms with E-state index < -0.39 is 0 Å². The summed E-state index contributed by atoms with van der Waals surface area (Å²) in [5, 5.41) is 7.98. The maximum Gasteiger partial charge on any atom is 0.0647 e. The molecule has 2 atom stereocenters. The van der Waals surface area contributed by atoms with Crippen LogP contribution >= 0.6 is 0 Å². The molecule has 4 rings (SSSR count). The third-order valence-corrected chi connectivity index (χ3v) is 5.11. The Labute approximate surface area is 125 Å². The third-order valence-electron chi connectivity index (χ3n) is 5.11. The number of anilines is 1. The molecule has 2 aromatic rings. The molecule has 2 unspecified atom stereocenters. The molecular weight excluding hydrogens is 260 g/mol. The lowest BCUT2D eigenvalue weighted by Crippen LogP contribution is -2.44. The molecule has 1 aromatic carbocycles. The van der Waals surface area contributed by atoms with E-state index >= 15 is 0 Å². The van der Waals surface area contributed by atoms with Crippen LogP contribution in [0.1, 0.15) is 25.7 Å². The SMILES string of the molecule is CN1C2CCC1CC(Nc1ccc(-n3cccn3)cc1)C2. The summed E-state index contributed by atoms with van der Waals surface area (Å²) in [5.41, 5.74) is 2.33. The second-order valence-electron chi connectivity index (χ2n) is 6.36. The average molecular weight is 282 g/mol. The normalized spacial score (nSPS) is 28.7. The molecule has 21 heavy (non-hydrogen) atoms. The van der Waals surface area contributed by atoms with Gasteiger partial charge >= 0.3 is 0 Å². The quantitative estimate of drug-likeness (QED) is 0.939. The molecule has 2 fully saturated rings. The van der Waals surface area contributed by atoms with Crippen molar-refractivity contribution >= 4 is 5.69 Å². The fourth-order valence-electron chi connectivity index (χ4n) is 3.90. The summed E-state index contributed by atoms with van der Waals surface area (Å²) in [6.45, 7) is 0. The number of hydrogen-bond acceptors (Lipinski definition) is 3. The van der Waals surface area contributed by atoms with Gasteiger partial charge in [-0.15, -0.1) is 0 Å². The largest absolute Gasteiger partial charge is 0.382 e. The van der Waals surface area contributed by atoms with Crippen LogP contribution < -0.4 is 5.32 Å². The van der Waals surface area contributed by atoms with E-state index in [1.165, 1.54) is 31.4 Å². The lowest BCUT2D eigenvalue weighted by Gasteiger charge is -2.37. The van der Waals surface area contributed by atoms with Crippen molar-refractivity contribution in [3.8, 4) is 5.69 Å². The van der Waals surface area contributed by atoms with Crippen LogP contribution in [0.2, 0.25) is 0 Å². The number of nitrogens with zero attached hydrogens (tertiary/aromatic N) is 3. The Morgan fingerprint density at radius 2 is 1.81 bits per heavy atom. The van der Waals surface area contributed by atoms with Crippen LogP contribution in [-0.2, 0) is 0 Å². The van der Waals surface area contributed by atoms with Gasteiger partial charge in [0.2, 0.25) is 0 Å². The fraction of sp³-hybridized carbons (Fsp3) is 0.471. The zero-order valence-corrected chi connectivity index (χ0v) is 12.4. The van der Waals surface area contributed by atoms with Gasteiger partial charge in [-0.25, -0.2) is 4.68 Å². The minimum atomic E-state index is 0.620. The first-order valence-corrected chi connectivity index (χ1v) is 7.88. The number of benzene rings is 1. The maximum absolute atomic E-state index is 4.26. The smallest absolute Gasteiger partial charge is 0.0647 e. The van der Waals surface area contributed by atoms with E-state index in [2.05, 4.69) is 46.6 Å². The molecule has 1 aromatic heterocycles. The first-order valence-electron chi connectivity index (χ1n) is 7.88. The molecule has 110 valence electrons. The highest BCUT2D eigenvalue weighted by molar-refractivity contribution is 5.49. The molecule has 0 spiro atoms. The Bertz CT molecular complexity index is 576. The van der Waals surface area contributed by atoms with Crippen molar-refractivity contribution < 1.29 is 0 Å². The third kappa shape index (κ3) is 2.44. The second-order valence-corrected chi connectivity index (χ2v) is 6.36. The van der Waals surface area contributed by atoms with E-state index in [9.17, 15) is 0 Å². The van der Waals surface area contributed by atoms with E-state index in [4.69, 9.17) is 0 Å². The van der Waals surface area contributed by atoms with Gasteiger partial charge in [0.15, 0.2) is 0 Å². The summed E-state index contributed by atoms with van der Waals surface area (Å²) in [5.74, 6) is 0. The zero-order valence-electron chi connectivity index (χ0n) is 12.4. The predicted octanol–water partition coefficient (Wildman–Crippen LogP) is 2.91. The summed E-state index contributed by atoms with van der Waals surface area (Å²) < 4.78 is 1.89. The summed E-state index contributed by atoms with van der Waals surface area (Å²) >= 11 is 0. The number of hydrogen-bond donors (Lipinski definition) is 1. The second kappa shape index (κ2) is 5.19. The van der Waals surface area contributed by atoms with Crippen LogP contribution in [0.3, 0.4) is 0 Å². The van der Waals surface area contributed by atoms with E-state index in [0.29, 0.717) is 6.04 Å². The zero-order chi connectivity index (χ0) is 14.2. The average Bonchev–Trinajstić information content (AvgIpc) is 3.08. The lowest BCUT2D eigenvalue weighted by molar-refractivity contribution is 0.169. The molecule has 2 bridgehead atoms. The van der Waals surface area contributed by atoms with Crippen molar-refractivity contribution in [1.29, 1.82) is 0 Å². The van der Waals surface area contributed by atoms with Gasteiger partial charge in [-0.3, -0.25) is 0 Å². The number of piperidine rings is 1. The van der Waals surface area contributed by atoms with Crippen molar-refractivity contribution in [2.45, 2.75) is 43.8 Å². The van der Waals surface area contributed by atoms with Gasteiger partial charge in [0.05, 0.1) is 5.69 Å². The number of fused-ring (bicyclic) bond motifs is 2. The Balaban J connectivity index is 1.44. The highest BCUT2D eigenvalue weighted by atomic mass is 15.3. The van der Waals surface area contributed by atoms with Crippen LogP contribution in [0.5, 0.6) is 0 Å². The Morgan fingerprint density at radius 3 is 2.43 bits per heavy atom. The Hall–Kier alpha value is -1.81. The van der Waals surface area contributed by atoms with E-state index in [0.717, 1.165) is 17.8 Å². The van der Waals surface area contributed by atoms with Crippen LogP contribution in [0, 0.1) is 0 Å². The number of aromatic nitrogens is 2. The van der Waals surface area contributed by atoms with Gasteiger partial charge < -0.3 is 10.2 Å². The summed E-state index contributed by atoms with van der Waals surface area (Å²) in [6, 6.07) is 12.7. The van der Waals surface area contributed by atoms with Crippen LogP contribution in [0.25, 0.3) is 5.69 Å². The van der Waals surface area contributed by atoms with Crippen molar-refractivity contribution in [3.05, 3.63) is 42.7 Å². The molecule has 1 N–H and O–H groups in total. The number of nitrogens with one attached hydrogen (secondary N) is 1. The summed E-state index contributed by atoms with van der Waals surface area (Å²) in [7, 11) is 2.29. The van der Waals surface area contributed by atoms with Crippen LogP contribution in [-0.4, -0.2) is 39.9 Å². The van der Waals surface area contributed by atoms with Crippen molar-refractivity contribution in [2.75, 3.05) is 12.4 Å². The molecule has 0 aliphatic carbocycles. The summed E-state index contributed by atoms with van der Waals surface area (Å²) in [4.78, 5) is 2.58. The van der Waals surface area contributed by atoms with Gasteiger partial charge in [0.1, 0.15) is 0 Å². The maximum atomic E-state index is 4.26. The Morgan fingerprint density at radius 1 is 1.10 bits per heavy atom. The van der Waals surface area contributed by atoms with Gasteiger partial charge in [-0.05, 0) is 63.1 Å². The molecule has 3 heterocycles. The van der Waals surface area contributed by atoms with Crippen molar-refractivity contribution in [1.82, 2.24) is 14.7 Å². The van der Waals surface area contributed by atoms with Gasteiger partial charge in [0, 0.05) is 36.2 Å². The molecule has 4 nitrogen and oxygen atoms in total. The topological polar surface area (TPSA) is 33.1 Å². The molecule has 0 radical (unpaired) electrons. The Kier molecular flexibility index (Phi) is 3.19. The minimum absolute atomic E-state index is 0.620. The predicted molar refractivity (Wildman–Crippen MR) is 84.8 cm³/mol. The van der Waals surface area contributed by atoms with E-state index in [1.807, 2.05) is 16.9 Å².